The van der Waals surface area contributed by atoms with Crippen molar-refractivity contribution in [3.05, 3.63) is 93.8 Å². The molecular weight excluding hydrogens is 522 g/mol. The number of halogens is 1. The van der Waals surface area contributed by atoms with Gasteiger partial charge in [0, 0.05) is 23.3 Å². The van der Waals surface area contributed by atoms with Crippen molar-refractivity contribution < 1.29 is 29.0 Å². The highest BCUT2D eigenvalue weighted by molar-refractivity contribution is 6.30. The van der Waals surface area contributed by atoms with Crippen LogP contribution < -0.4 is 5.73 Å². The number of imide groups is 1. The van der Waals surface area contributed by atoms with E-state index in [4.69, 9.17) is 22.1 Å². The van der Waals surface area contributed by atoms with Crippen molar-refractivity contribution in [3.63, 3.8) is 0 Å². The molecule has 39 heavy (non-hydrogen) atoms. The van der Waals surface area contributed by atoms with Crippen LogP contribution in [-0.2, 0) is 34.4 Å². The van der Waals surface area contributed by atoms with Gasteiger partial charge in [-0.25, -0.2) is 14.5 Å². The van der Waals surface area contributed by atoms with Crippen molar-refractivity contribution in [3.8, 4) is 0 Å². The van der Waals surface area contributed by atoms with E-state index in [0.29, 0.717) is 57.4 Å². The SMILES string of the molecule is Cc1cc(CC(=O)N(C(=O)OCc2ccccc2)C(CCCCN)C(=O)O)n(C)c1C(=O)c1ccc(Cl)cc1. The molecule has 1 unspecified atom stereocenters. The fraction of sp³-hybridized carbons (Fsp3) is 0.310. The van der Waals surface area contributed by atoms with Gasteiger partial charge in [-0.1, -0.05) is 41.9 Å². The largest absolute Gasteiger partial charge is 0.480 e. The van der Waals surface area contributed by atoms with Crippen LogP contribution in [0.15, 0.2) is 60.7 Å². The average Bonchev–Trinajstić information content (AvgIpc) is 3.19. The summed E-state index contributed by atoms with van der Waals surface area (Å²) in [4.78, 5) is 52.7. The minimum atomic E-state index is -1.43. The molecule has 0 spiro atoms. The first-order chi connectivity index (χ1) is 18.6. The molecule has 0 saturated carbocycles. The molecule has 206 valence electrons. The number of hydrogen-bond donors (Lipinski definition) is 2. The predicted molar refractivity (Wildman–Crippen MR) is 147 cm³/mol. The Balaban J connectivity index is 1.87. The van der Waals surface area contributed by atoms with Crippen LogP contribution in [0.25, 0.3) is 0 Å². The topological polar surface area (TPSA) is 132 Å². The summed E-state index contributed by atoms with van der Waals surface area (Å²) < 4.78 is 6.94. The summed E-state index contributed by atoms with van der Waals surface area (Å²) in [7, 11) is 1.65. The second kappa shape index (κ2) is 13.7. The number of benzene rings is 2. The maximum Gasteiger partial charge on any atom is 0.417 e. The van der Waals surface area contributed by atoms with Gasteiger partial charge in [-0.05, 0) is 74.2 Å². The summed E-state index contributed by atoms with van der Waals surface area (Å²) in [5, 5.41) is 10.4. The summed E-state index contributed by atoms with van der Waals surface area (Å²) in [6.07, 6.45) is -0.380. The Morgan fingerprint density at radius 2 is 1.72 bits per heavy atom. The molecule has 2 amide bonds. The lowest BCUT2D eigenvalue weighted by molar-refractivity contribution is -0.149. The van der Waals surface area contributed by atoms with Crippen molar-refractivity contribution in [1.82, 2.24) is 9.47 Å². The van der Waals surface area contributed by atoms with Crippen LogP contribution in [0, 0.1) is 6.92 Å². The molecule has 9 nitrogen and oxygen atoms in total. The third kappa shape index (κ3) is 7.55. The fourth-order valence-corrected chi connectivity index (χ4v) is 4.47. The number of hydrogen-bond acceptors (Lipinski definition) is 6. The molecule has 0 bridgehead atoms. The Kier molecular flexibility index (Phi) is 10.4. The molecule has 3 rings (SSSR count). The normalized spacial score (nSPS) is 11.6. The van der Waals surface area contributed by atoms with Crippen LogP contribution in [0.1, 0.15) is 52.1 Å². The van der Waals surface area contributed by atoms with Gasteiger partial charge >= 0.3 is 12.1 Å². The third-order valence-corrected chi connectivity index (χ3v) is 6.63. The van der Waals surface area contributed by atoms with Gasteiger partial charge in [0.1, 0.15) is 12.6 Å². The van der Waals surface area contributed by atoms with Crippen LogP contribution >= 0.6 is 11.6 Å². The molecule has 0 radical (unpaired) electrons. The van der Waals surface area contributed by atoms with E-state index in [-0.39, 0.29) is 25.2 Å². The van der Waals surface area contributed by atoms with Crippen LogP contribution in [0.2, 0.25) is 5.02 Å². The number of carboxylic acid groups (broad SMARTS) is 1. The maximum atomic E-state index is 13.5. The lowest BCUT2D eigenvalue weighted by Gasteiger charge is -2.27. The number of aliphatic carboxylic acids is 1. The Morgan fingerprint density at radius 3 is 2.33 bits per heavy atom. The zero-order chi connectivity index (χ0) is 28.5. The Bertz CT molecular complexity index is 1320. The molecular formula is C29H32ClN3O6. The molecule has 3 aromatic rings. The average molecular weight is 554 g/mol. The van der Waals surface area contributed by atoms with E-state index in [1.165, 1.54) is 0 Å². The number of carbonyl (C=O) groups is 4. The van der Waals surface area contributed by atoms with Crippen LogP contribution in [0.4, 0.5) is 4.79 Å². The van der Waals surface area contributed by atoms with Crippen molar-refractivity contribution >= 4 is 35.4 Å². The number of rotatable bonds is 12. The monoisotopic (exact) mass is 553 g/mol. The molecule has 2 aromatic carbocycles. The zero-order valence-corrected chi connectivity index (χ0v) is 22.7. The fourth-order valence-electron chi connectivity index (χ4n) is 4.34. The number of nitrogens with zero attached hydrogens (tertiary/aromatic N) is 2. The first kappa shape index (κ1) is 29.6. The van der Waals surface area contributed by atoms with Gasteiger partial charge < -0.3 is 20.1 Å². The van der Waals surface area contributed by atoms with Crippen LogP contribution in [-0.4, -0.2) is 50.9 Å². The zero-order valence-electron chi connectivity index (χ0n) is 21.9. The highest BCUT2D eigenvalue weighted by Crippen LogP contribution is 2.22. The van der Waals surface area contributed by atoms with E-state index in [0.717, 1.165) is 0 Å². The Morgan fingerprint density at radius 1 is 1.05 bits per heavy atom. The summed E-state index contributed by atoms with van der Waals surface area (Å²) in [6.45, 7) is 1.98. The molecule has 1 heterocycles. The second-order valence-corrected chi connectivity index (χ2v) is 9.62. The Hall–Kier alpha value is -3.95. The van der Waals surface area contributed by atoms with Gasteiger partial charge in [0.2, 0.25) is 11.7 Å². The van der Waals surface area contributed by atoms with E-state index in [1.807, 2.05) is 6.07 Å². The minimum Gasteiger partial charge on any atom is -0.480 e. The molecule has 0 fully saturated rings. The van der Waals surface area contributed by atoms with Gasteiger partial charge in [0.25, 0.3) is 0 Å². The minimum absolute atomic E-state index is 0.0329. The first-order valence-corrected chi connectivity index (χ1v) is 12.9. The summed E-state index contributed by atoms with van der Waals surface area (Å²) in [6, 6.07) is 15.6. The quantitative estimate of drug-likeness (QED) is 0.249. The second-order valence-electron chi connectivity index (χ2n) is 9.18. The summed E-state index contributed by atoms with van der Waals surface area (Å²) in [5.74, 6) is -2.33. The van der Waals surface area contributed by atoms with Gasteiger partial charge in [0.15, 0.2) is 0 Å². The third-order valence-electron chi connectivity index (χ3n) is 6.38. The van der Waals surface area contributed by atoms with E-state index in [2.05, 4.69) is 0 Å². The molecule has 1 aromatic heterocycles. The molecule has 0 aliphatic carbocycles. The molecule has 0 aliphatic heterocycles. The van der Waals surface area contributed by atoms with Gasteiger partial charge in [-0.3, -0.25) is 9.59 Å². The lowest BCUT2D eigenvalue weighted by Crippen LogP contribution is -2.49. The summed E-state index contributed by atoms with van der Waals surface area (Å²) in [5.41, 5.74) is 8.12. The summed E-state index contributed by atoms with van der Waals surface area (Å²) >= 11 is 5.94. The standard InChI is InChI=1S/C29H32ClN3O6/c1-19-16-23(32(2)26(19)27(35)21-11-13-22(30)14-12-21)17-25(34)33(24(28(36)37)10-6-7-15-31)29(38)39-18-20-8-4-3-5-9-20/h3-5,8-9,11-14,16,24H,6-7,10,15,17-18,31H2,1-2H3,(H,36,37). The molecule has 0 aliphatic rings. The highest BCUT2D eigenvalue weighted by Gasteiger charge is 2.36. The van der Waals surface area contributed by atoms with Gasteiger partial charge in [-0.2, -0.15) is 0 Å². The van der Waals surface area contributed by atoms with E-state index in [9.17, 15) is 24.3 Å². The highest BCUT2D eigenvalue weighted by atomic mass is 35.5. The number of aryl methyl sites for hydroxylation is 1. The number of unbranched alkanes of at least 4 members (excludes halogenated alkanes) is 1. The number of aromatic nitrogens is 1. The lowest BCUT2D eigenvalue weighted by atomic mass is 10.1. The molecule has 10 heteroatoms. The number of nitrogens with two attached hydrogens (primary N) is 1. The van der Waals surface area contributed by atoms with Crippen molar-refractivity contribution in [2.45, 2.75) is 45.3 Å². The maximum absolute atomic E-state index is 13.5. The molecule has 1 atom stereocenters. The number of carboxylic acids is 1. The number of ketones is 1. The van der Waals surface area contributed by atoms with Gasteiger partial charge in [-0.15, -0.1) is 0 Å². The van der Waals surface area contributed by atoms with Crippen molar-refractivity contribution in [1.29, 1.82) is 0 Å². The molecule has 3 N–H and O–H groups in total. The van der Waals surface area contributed by atoms with E-state index in [1.54, 1.807) is 73.1 Å². The number of ether oxygens (including phenoxy) is 1. The van der Waals surface area contributed by atoms with Crippen molar-refractivity contribution in [2.75, 3.05) is 6.54 Å². The molecule has 0 saturated heterocycles. The predicted octanol–water partition coefficient (Wildman–Crippen LogP) is 4.51. The van der Waals surface area contributed by atoms with Crippen molar-refractivity contribution in [2.24, 2.45) is 12.8 Å². The Labute approximate surface area is 232 Å². The number of amides is 2. The van der Waals surface area contributed by atoms with Crippen LogP contribution in [0.5, 0.6) is 0 Å². The van der Waals surface area contributed by atoms with E-state index < -0.39 is 24.0 Å². The number of carbonyl (C=O) groups excluding carboxylic acids is 3. The van der Waals surface area contributed by atoms with E-state index >= 15 is 0 Å². The smallest absolute Gasteiger partial charge is 0.417 e. The van der Waals surface area contributed by atoms with Gasteiger partial charge in [0.05, 0.1) is 12.1 Å². The first-order valence-electron chi connectivity index (χ1n) is 12.5. The van der Waals surface area contributed by atoms with Crippen LogP contribution in [0.3, 0.4) is 0 Å².